The van der Waals surface area contributed by atoms with Gasteiger partial charge in [-0.3, -0.25) is 9.48 Å². The summed E-state index contributed by atoms with van der Waals surface area (Å²) in [6.07, 6.45) is 3.25. The summed E-state index contributed by atoms with van der Waals surface area (Å²) in [4.78, 5) is 17.3. The Kier molecular flexibility index (Phi) is 5.77. The number of carbonyl (C=O) groups is 1. The lowest BCUT2D eigenvalue weighted by atomic mass is 9.94. The molecule has 2 heterocycles. The van der Waals surface area contributed by atoms with Gasteiger partial charge in [0.2, 0.25) is 0 Å². The van der Waals surface area contributed by atoms with E-state index in [1.54, 1.807) is 0 Å². The molecular formula is C21H30N4O. The predicted octanol–water partition coefficient (Wildman–Crippen LogP) is 3.64. The maximum atomic E-state index is 13.1. The minimum absolute atomic E-state index is 0.0577. The van der Waals surface area contributed by atoms with Crippen LogP contribution in [0.15, 0.2) is 30.3 Å². The Labute approximate surface area is 156 Å². The summed E-state index contributed by atoms with van der Waals surface area (Å²) < 4.78 is 1.89. The van der Waals surface area contributed by atoms with Gasteiger partial charge in [0.1, 0.15) is 0 Å². The van der Waals surface area contributed by atoms with E-state index in [1.165, 1.54) is 11.1 Å². The van der Waals surface area contributed by atoms with Crippen molar-refractivity contribution in [3.05, 3.63) is 52.8 Å². The molecule has 1 amide bonds. The number of piperidine rings is 1. The fourth-order valence-corrected chi connectivity index (χ4v) is 3.81. The van der Waals surface area contributed by atoms with Crippen LogP contribution in [0.4, 0.5) is 0 Å². The number of nitrogens with zero attached hydrogens (tertiary/aromatic N) is 4. The second-order valence-electron chi connectivity index (χ2n) is 7.48. The average Bonchev–Trinajstić information content (AvgIpc) is 3.02. The van der Waals surface area contributed by atoms with Crippen molar-refractivity contribution < 1.29 is 4.79 Å². The van der Waals surface area contributed by atoms with Crippen molar-refractivity contribution in [2.75, 3.05) is 20.6 Å². The van der Waals surface area contributed by atoms with Crippen molar-refractivity contribution in [3.8, 4) is 0 Å². The van der Waals surface area contributed by atoms with E-state index in [2.05, 4.69) is 48.4 Å². The van der Waals surface area contributed by atoms with Crippen LogP contribution in [0.2, 0.25) is 0 Å². The van der Waals surface area contributed by atoms with Gasteiger partial charge in [-0.25, -0.2) is 0 Å². The molecule has 1 aliphatic rings. The largest absolute Gasteiger partial charge is 0.330 e. The summed E-state index contributed by atoms with van der Waals surface area (Å²) in [7, 11) is 4.15. The van der Waals surface area contributed by atoms with Crippen LogP contribution in [0.1, 0.15) is 59.5 Å². The minimum Gasteiger partial charge on any atom is -0.330 e. The van der Waals surface area contributed by atoms with E-state index in [0.29, 0.717) is 5.69 Å². The lowest BCUT2D eigenvalue weighted by Crippen LogP contribution is -2.38. The smallest absolute Gasteiger partial charge is 0.274 e. The van der Waals surface area contributed by atoms with Crippen LogP contribution in [0.3, 0.4) is 0 Å². The number of carbonyl (C=O) groups excluding carboxylic acids is 1. The summed E-state index contributed by atoms with van der Waals surface area (Å²) in [5.41, 5.74) is 4.13. The normalized spacial score (nSPS) is 17.7. The van der Waals surface area contributed by atoms with Crippen molar-refractivity contribution in [1.29, 1.82) is 0 Å². The maximum Gasteiger partial charge on any atom is 0.274 e. The second-order valence-corrected chi connectivity index (χ2v) is 7.48. The van der Waals surface area contributed by atoms with Crippen LogP contribution >= 0.6 is 0 Å². The lowest BCUT2D eigenvalue weighted by Gasteiger charge is -2.35. The van der Waals surface area contributed by atoms with Crippen molar-refractivity contribution >= 4 is 5.91 Å². The zero-order valence-corrected chi connectivity index (χ0v) is 16.4. The zero-order chi connectivity index (χ0) is 18.7. The molecule has 5 heteroatoms. The summed E-state index contributed by atoms with van der Waals surface area (Å²) >= 11 is 0. The van der Waals surface area contributed by atoms with E-state index >= 15 is 0 Å². The van der Waals surface area contributed by atoms with Gasteiger partial charge in [-0.15, -0.1) is 0 Å². The van der Waals surface area contributed by atoms with Crippen molar-refractivity contribution in [1.82, 2.24) is 19.6 Å². The molecule has 140 valence electrons. The Morgan fingerprint density at radius 1 is 1.23 bits per heavy atom. The Morgan fingerprint density at radius 2 is 1.96 bits per heavy atom. The quantitative estimate of drug-likeness (QED) is 0.823. The predicted molar refractivity (Wildman–Crippen MR) is 104 cm³/mol. The molecule has 2 aromatic rings. The maximum absolute atomic E-state index is 13.1. The molecule has 1 fully saturated rings. The van der Waals surface area contributed by atoms with Crippen LogP contribution < -0.4 is 0 Å². The number of hydrogen-bond acceptors (Lipinski definition) is 3. The molecule has 0 N–H and O–H groups in total. The molecule has 0 radical (unpaired) electrons. The SMILES string of the molecule is CCn1nc(C(=O)N2CCCC[C@@H]2c2ccc(CN(C)C)cc2)cc1C. The standard InChI is InChI=1S/C21H30N4O/c1-5-25-16(2)14-19(22-25)21(26)24-13-7-6-8-20(24)18-11-9-17(10-12-18)15-23(3)4/h9-12,14,20H,5-8,13,15H2,1-4H3/t20-/m1/s1. The first-order chi connectivity index (χ1) is 12.5. The third kappa shape index (κ3) is 3.98. The van der Waals surface area contributed by atoms with Crippen LogP contribution in [0, 0.1) is 6.92 Å². The molecule has 1 saturated heterocycles. The van der Waals surface area contributed by atoms with Gasteiger partial charge in [-0.2, -0.15) is 5.10 Å². The molecule has 0 unspecified atom stereocenters. The van der Waals surface area contributed by atoms with Crippen LogP contribution in [0.25, 0.3) is 0 Å². The number of aryl methyl sites for hydroxylation is 2. The van der Waals surface area contributed by atoms with Gasteiger partial charge < -0.3 is 9.80 Å². The number of amides is 1. The van der Waals surface area contributed by atoms with Gasteiger partial charge in [0, 0.05) is 25.3 Å². The van der Waals surface area contributed by atoms with Crippen molar-refractivity contribution in [3.63, 3.8) is 0 Å². The average molecular weight is 354 g/mol. The lowest BCUT2D eigenvalue weighted by molar-refractivity contribution is 0.0604. The number of likely N-dealkylation sites (tertiary alicyclic amines) is 1. The van der Waals surface area contributed by atoms with Gasteiger partial charge in [0.15, 0.2) is 5.69 Å². The second kappa shape index (κ2) is 8.04. The van der Waals surface area contributed by atoms with Gasteiger partial charge >= 0.3 is 0 Å². The molecule has 1 aromatic heterocycles. The zero-order valence-electron chi connectivity index (χ0n) is 16.4. The van der Waals surface area contributed by atoms with E-state index < -0.39 is 0 Å². The highest BCUT2D eigenvalue weighted by Gasteiger charge is 2.30. The highest BCUT2D eigenvalue weighted by atomic mass is 16.2. The Morgan fingerprint density at radius 3 is 2.58 bits per heavy atom. The van der Waals surface area contributed by atoms with E-state index in [9.17, 15) is 4.79 Å². The van der Waals surface area contributed by atoms with Crippen molar-refractivity contribution in [2.24, 2.45) is 0 Å². The van der Waals surface area contributed by atoms with Gasteiger partial charge in [0.25, 0.3) is 5.91 Å². The molecule has 0 aliphatic carbocycles. The number of rotatable bonds is 5. The molecule has 0 saturated carbocycles. The van der Waals surface area contributed by atoms with Crippen LogP contribution in [-0.2, 0) is 13.1 Å². The van der Waals surface area contributed by atoms with Gasteiger partial charge in [0.05, 0.1) is 6.04 Å². The molecule has 1 aliphatic heterocycles. The molecule has 0 bridgehead atoms. The van der Waals surface area contributed by atoms with E-state index in [1.807, 2.05) is 29.5 Å². The Balaban J connectivity index is 1.82. The van der Waals surface area contributed by atoms with E-state index in [4.69, 9.17) is 0 Å². The first kappa shape index (κ1) is 18.6. The highest BCUT2D eigenvalue weighted by Crippen LogP contribution is 2.32. The number of hydrogen-bond donors (Lipinski definition) is 0. The first-order valence-corrected chi connectivity index (χ1v) is 9.58. The fraction of sp³-hybridized carbons (Fsp3) is 0.524. The topological polar surface area (TPSA) is 41.4 Å². The third-order valence-electron chi connectivity index (χ3n) is 5.13. The molecule has 3 rings (SSSR count). The fourth-order valence-electron chi connectivity index (χ4n) is 3.81. The van der Waals surface area contributed by atoms with Gasteiger partial charge in [-0.05, 0) is 64.4 Å². The monoisotopic (exact) mass is 354 g/mol. The number of aromatic nitrogens is 2. The molecule has 0 spiro atoms. The summed E-state index contributed by atoms with van der Waals surface area (Å²) in [5, 5.41) is 4.50. The molecule has 26 heavy (non-hydrogen) atoms. The summed E-state index contributed by atoms with van der Waals surface area (Å²) in [5.74, 6) is 0.0577. The minimum atomic E-state index is 0.0577. The molecule has 5 nitrogen and oxygen atoms in total. The van der Waals surface area contributed by atoms with E-state index in [0.717, 1.165) is 44.6 Å². The number of benzene rings is 1. The highest BCUT2D eigenvalue weighted by molar-refractivity contribution is 5.92. The third-order valence-corrected chi connectivity index (χ3v) is 5.13. The molecular weight excluding hydrogens is 324 g/mol. The summed E-state index contributed by atoms with van der Waals surface area (Å²) in [6.45, 7) is 6.58. The Bertz CT molecular complexity index is 748. The van der Waals surface area contributed by atoms with Crippen LogP contribution in [-0.4, -0.2) is 46.1 Å². The first-order valence-electron chi connectivity index (χ1n) is 9.58. The Hall–Kier alpha value is -2.14. The van der Waals surface area contributed by atoms with Crippen LogP contribution in [0.5, 0.6) is 0 Å². The summed E-state index contributed by atoms with van der Waals surface area (Å²) in [6, 6.07) is 10.8. The molecule has 1 aromatic carbocycles. The van der Waals surface area contributed by atoms with Gasteiger partial charge in [-0.1, -0.05) is 24.3 Å². The molecule has 1 atom stereocenters. The van der Waals surface area contributed by atoms with Crippen molar-refractivity contribution in [2.45, 2.75) is 52.2 Å². The van der Waals surface area contributed by atoms with E-state index in [-0.39, 0.29) is 11.9 Å².